The fourth-order valence-electron chi connectivity index (χ4n) is 2.02. The van der Waals surface area contributed by atoms with Gasteiger partial charge in [-0.15, -0.1) is 11.3 Å². The van der Waals surface area contributed by atoms with Crippen LogP contribution >= 0.6 is 11.3 Å². The largest absolute Gasteiger partial charge is 0.356 e. The predicted molar refractivity (Wildman–Crippen MR) is 78.3 cm³/mol. The van der Waals surface area contributed by atoms with Crippen LogP contribution in [0.25, 0.3) is 21.8 Å². The van der Waals surface area contributed by atoms with E-state index in [2.05, 4.69) is 34.3 Å². The molecule has 0 fully saturated rings. The van der Waals surface area contributed by atoms with Gasteiger partial charge in [0.25, 0.3) is 0 Å². The average Bonchev–Trinajstić information content (AvgIpc) is 3.17. The van der Waals surface area contributed by atoms with Crippen molar-refractivity contribution in [2.75, 3.05) is 0 Å². The molecule has 0 aliphatic heterocycles. The number of unbranched alkanes of at least 4 members (excludes halogenated alkanes) is 1. The molecule has 0 unspecified atom stereocenters. The van der Waals surface area contributed by atoms with Crippen LogP contribution < -0.4 is 0 Å². The Morgan fingerprint density at radius 1 is 1.40 bits per heavy atom. The van der Waals surface area contributed by atoms with Gasteiger partial charge in [-0.3, -0.25) is 9.97 Å². The van der Waals surface area contributed by atoms with Crippen molar-refractivity contribution in [1.82, 2.24) is 15.1 Å². The van der Waals surface area contributed by atoms with E-state index in [1.54, 1.807) is 23.0 Å². The topological polar surface area (TPSA) is 51.8 Å². The lowest BCUT2D eigenvalue weighted by Gasteiger charge is -2.06. The highest BCUT2D eigenvalue weighted by atomic mass is 32.1. The Morgan fingerprint density at radius 2 is 2.35 bits per heavy atom. The van der Waals surface area contributed by atoms with Crippen LogP contribution in [-0.2, 0) is 6.42 Å². The van der Waals surface area contributed by atoms with E-state index in [0.717, 1.165) is 46.7 Å². The predicted octanol–water partition coefficient (Wildman–Crippen LogP) is 4.00. The molecule has 4 nitrogen and oxygen atoms in total. The molecule has 3 aromatic rings. The van der Waals surface area contributed by atoms with Crippen molar-refractivity contribution in [1.29, 1.82) is 0 Å². The van der Waals surface area contributed by atoms with Crippen molar-refractivity contribution in [3.05, 3.63) is 41.9 Å². The summed E-state index contributed by atoms with van der Waals surface area (Å²) in [6.07, 6.45) is 9.84. The number of aryl methyl sites for hydroxylation is 1. The molecule has 3 heterocycles. The minimum Gasteiger partial charge on any atom is -0.356 e. The van der Waals surface area contributed by atoms with E-state index >= 15 is 0 Å². The molecular formula is C15H14N3OS. The van der Waals surface area contributed by atoms with Crippen molar-refractivity contribution in [3.63, 3.8) is 0 Å². The number of pyridine rings is 1. The summed E-state index contributed by atoms with van der Waals surface area (Å²) in [7, 11) is 0. The van der Waals surface area contributed by atoms with Gasteiger partial charge >= 0.3 is 0 Å². The van der Waals surface area contributed by atoms with Gasteiger partial charge in [0, 0.05) is 29.1 Å². The lowest BCUT2D eigenvalue weighted by atomic mass is 10.0. The molecule has 0 N–H and O–H groups in total. The standard InChI is InChI=1S/C15H14N3OS/c1-2-3-4-11-7-12(14-5-6-18-19-14)13(8-17-11)15-9-16-10-20-15/h5-7,9-10H,2-4H2,1H3. The molecule has 3 aromatic heterocycles. The summed E-state index contributed by atoms with van der Waals surface area (Å²) in [5.41, 5.74) is 4.74. The van der Waals surface area contributed by atoms with Crippen LogP contribution in [0.15, 0.2) is 34.6 Å². The Balaban J connectivity index is 2.06. The second-order valence-electron chi connectivity index (χ2n) is 4.49. The summed E-state index contributed by atoms with van der Waals surface area (Å²) in [4.78, 5) is 9.59. The van der Waals surface area contributed by atoms with E-state index in [1.807, 2.05) is 12.3 Å². The maximum Gasteiger partial charge on any atom is 0.167 e. The molecular weight excluding hydrogens is 270 g/mol. The summed E-state index contributed by atoms with van der Waals surface area (Å²) in [5, 5.41) is 3.79. The molecule has 0 aliphatic carbocycles. The van der Waals surface area contributed by atoms with Gasteiger partial charge in [-0.2, -0.15) is 0 Å². The molecule has 3 rings (SSSR count). The van der Waals surface area contributed by atoms with Gasteiger partial charge in [0.1, 0.15) is 0 Å². The Morgan fingerprint density at radius 3 is 3.05 bits per heavy atom. The van der Waals surface area contributed by atoms with Crippen LogP contribution in [0.4, 0.5) is 0 Å². The maximum atomic E-state index is 5.30. The summed E-state index contributed by atoms with van der Waals surface area (Å²) in [5.74, 6) is 0.741. The van der Waals surface area contributed by atoms with Gasteiger partial charge in [0.15, 0.2) is 5.76 Å². The fraction of sp³-hybridized carbons (Fsp3) is 0.267. The van der Waals surface area contributed by atoms with Gasteiger partial charge in [-0.1, -0.05) is 18.5 Å². The van der Waals surface area contributed by atoms with E-state index in [9.17, 15) is 0 Å². The molecule has 1 radical (unpaired) electrons. The number of rotatable bonds is 5. The zero-order valence-electron chi connectivity index (χ0n) is 11.2. The molecule has 0 bridgehead atoms. The molecule has 101 valence electrons. The monoisotopic (exact) mass is 284 g/mol. The summed E-state index contributed by atoms with van der Waals surface area (Å²) in [6, 6.07) is 3.93. The first kappa shape index (κ1) is 13.0. The van der Waals surface area contributed by atoms with Gasteiger partial charge in [0.05, 0.1) is 22.8 Å². The van der Waals surface area contributed by atoms with Gasteiger partial charge in [0.2, 0.25) is 0 Å². The number of hydrogen-bond donors (Lipinski definition) is 0. The van der Waals surface area contributed by atoms with E-state index in [4.69, 9.17) is 4.52 Å². The third kappa shape index (κ3) is 2.63. The zero-order chi connectivity index (χ0) is 13.8. The van der Waals surface area contributed by atoms with E-state index in [-0.39, 0.29) is 0 Å². The van der Waals surface area contributed by atoms with Crippen LogP contribution in [-0.4, -0.2) is 15.1 Å². The minimum atomic E-state index is 0.741. The Labute approximate surface area is 121 Å². The number of nitrogens with zero attached hydrogens (tertiary/aromatic N) is 3. The third-order valence-corrected chi connectivity index (χ3v) is 3.85. The second kappa shape index (κ2) is 5.96. The van der Waals surface area contributed by atoms with Crippen LogP contribution in [0, 0.1) is 6.20 Å². The number of hydrogen-bond acceptors (Lipinski definition) is 5. The lowest BCUT2D eigenvalue weighted by molar-refractivity contribution is 0.432. The van der Waals surface area contributed by atoms with Gasteiger partial charge < -0.3 is 4.52 Å². The lowest BCUT2D eigenvalue weighted by Crippen LogP contribution is -1.93. The summed E-state index contributed by atoms with van der Waals surface area (Å²) >= 11 is 1.57. The Bertz CT molecular complexity index is 663. The molecule has 20 heavy (non-hydrogen) atoms. The van der Waals surface area contributed by atoms with Crippen LogP contribution in [0.3, 0.4) is 0 Å². The fourth-order valence-corrected chi connectivity index (χ4v) is 2.65. The molecule has 0 saturated carbocycles. The highest BCUT2D eigenvalue weighted by molar-refractivity contribution is 7.13. The van der Waals surface area contributed by atoms with E-state index in [1.165, 1.54) is 0 Å². The molecule has 0 atom stereocenters. The molecule has 5 heteroatoms. The van der Waals surface area contributed by atoms with Crippen molar-refractivity contribution in [2.45, 2.75) is 26.2 Å². The minimum absolute atomic E-state index is 0.741. The van der Waals surface area contributed by atoms with E-state index in [0.29, 0.717) is 0 Å². The highest BCUT2D eigenvalue weighted by Crippen LogP contribution is 2.33. The summed E-state index contributed by atoms with van der Waals surface area (Å²) in [6.45, 7) is 2.17. The second-order valence-corrected chi connectivity index (χ2v) is 5.38. The molecule has 0 aromatic carbocycles. The van der Waals surface area contributed by atoms with Crippen LogP contribution in [0.5, 0.6) is 0 Å². The highest BCUT2D eigenvalue weighted by Gasteiger charge is 2.14. The average molecular weight is 284 g/mol. The van der Waals surface area contributed by atoms with Crippen molar-refractivity contribution in [2.24, 2.45) is 0 Å². The molecule has 0 amide bonds. The van der Waals surface area contributed by atoms with Crippen LogP contribution in [0.2, 0.25) is 0 Å². The first-order valence-electron chi connectivity index (χ1n) is 6.60. The van der Waals surface area contributed by atoms with Gasteiger partial charge in [-0.05, 0) is 18.9 Å². The molecule has 0 spiro atoms. The number of thiazole rings is 1. The number of aromatic nitrogens is 3. The third-order valence-electron chi connectivity index (χ3n) is 3.06. The van der Waals surface area contributed by atoms with Crippen molar-refractivity contribution in [3.8, 4) is 21.8 Å². The quantitative estimate of drug-likeness (QED) is 0.710. The van der Waals surface area contributed by atoms with Gasteiger partial charge in [-0.25, -0.2) is 0 Å². The Kier molecular flexibility index (Phi) is 3.87. The molecule has 0 saturated heterocycles. The zero-order valence-corrected chi connectivity index (χ0v) is 12.0. The van der Waals surface area contributed by atoms with Crippen molar-refractivity contribution < 1.29 is 4.52 Å². The van der Waals surface area contributed by atoms with E-state index < -0.39 is 0 Å². The summed E-state index contributed by atoms with van der Waals surface area (Å²) < 4.78 is 5.30. The Hall–Kier alpha value is -2.01. The maximum absolute atomic E-state index is 5.30. The first-order chi connectivity index (χ1) is 9.88. The smallest absolute Gasteiger partial charge is 0.167 e. The molecule has 0 aliphatic rings. The normalized spacial score (nSPS) is 10.8. The first-order valence-corrected chi connectivity index (χ1v) is 7.48. The SMILES string of the molecule is CCCCc1cc(-c2ccno2)c(-c2cncs2)[c]n1. The van der Waals surface area contributed by atoms with Crippen LogP contribution in [0.1, 0.15) is 25.5 Å². The van der Waals surface area contributed by atoms with Crippen molar-refractivity contribution >= 4 is 11.3 Å².